The van der Waals surface area contributed by atoms with E-state index in [-0.39, 0.29) is 18.4 Å². The molecule has 0 spiro atoms. The van der Waals surface area contributed by atoms with E-state index in [0.717, 1.165) is 5.56 Å². The van der Waals surface area contributed by atoms with E-state index in [1.54, 1.807) is 43.5 Å². The summed E-state index contributed by atoms with van der Waals surface area (Å²) in [5, 5.41) is 11.2. The Morgan fingerprint density at radius 1 is 1.10 bits per heavy atom. The first kappa shape index (κ1) is 19.4. The van der Waals surface area contributed by atoms with Crippen LogP contribution in [0.5, 0.6) is 5.75 Å². The molecule has 1 amide bonds. The van der Waals surface area contributed by atoms with Gasteiger partial charge in [0.25, 0.3) is 6.02 Å². The molecule has 1 aliphatic rings. The summed E-state index contributed by atoms with van der Waals surface area (Å²) < 4.78 is 25.6. The average Bonchev–Trinajstić information content (AvgIpc) is 3.19. The van der Waals surface area contributed by atoms with Crippen LogP contribution in [0.2, 0.25) is 0 Å². The third-order valence-electron chi connectivity index (χ3n) is 5.00. The Labute approximate surface area is 172 Å². The molecule has 2 N–H and O–H groups in total. The van der Waals surface area contributed by atoms with Gasteiger partial charge in [-0.3, -0.25) is 0 Å². The minimum Gasteiger partial charge on any atom is -0.497 e. The van der Waals surface area contributed by atoms with Gasteiger partial charge in [-0.25, -0.2) is 19.5 Å². The maximum Gasteiger partial charge on any atom is 0.412 e. The van der Waals surface area contributed by atoms with E-state index in [0.29, 0.717) is 22.4 Å². The average molecular weight is 406 g/mol. The van der Waals surface area contributed by atoms with Gasteiger partial charge in [-0.15, -0.1) is 0 Å². The molecule has 1 atom stereocenters. The summed E-state index contributed by atoms with van der Waals surface area (Å²) in [5.74, 6) is 0.229. The van der Waals surface area contributed by atoms with Crippen LogP contribution in [0, 0.1) is 5.82 Å². The number of rotatable bonds is 4. The molecule has 30 heavy (non-hydrogen) atoms. The third kappa shape index (κ3) is 3.57. The zero-order chi connectivity index (χ0) is 21.1. The lowest BCUT2D eigenvalue weighted by molar-refractivity contribution is 0.195. The van der Waals surface area contributed by atoms with Crippen molar-refractivity contribution in [3.05, 3.63) is 89.7 Å². The van der Waals surface area contributed by atoms with Crippen LogP contribution in [0.1, 0.15) is 11.1 Å². The van der Waals surface area contributed by atoms with Gasteiger partial charge >= 0.3 is 6.09 Å². The lowest BCUT2D eigenvalue weighted by atomic mass is 9.83. The van der Waals surface area contributed by atoms with Crippen LogP contribution in [-0.4, -0.2) is 30.9 Å². The zero-order valence-corrected chi connectivity index (χ0v) is 16.1. The van der Waals surface area contributed by atoms with Crippen LogP contribution in [0.25, 0.3) is 11.1 Å². The highest BCUT2D eigenvalue weighted by atomic mass is 19.1. The van der Waals surface area contributed by atoms with Gasteiger partial charge in [0.15, 0.2) is 5.54 Å². The minimum absolute atomic E-state index is 0.0792. The van der Waals surface area contributed by atoms with Crippen LogP contribution in [0.4, 0.5) is 9.18 Å². The van der Waals surface area contributed by atoms with Gasteiger partial charge in [0.05, 0.1) is 7.11 Å². The molecule has 4 rings (SSSR count). The van der Waals surface area contributed by atoms with Gasteiger partial charge in [-0.05, 0) is 41.0 Å². The summed E-state index contributed by atoms with van der Waals surface area (Å²) in [5.41, 5.74) is 1.51. The first-order chi connectivity index (χ1) is 14.5. The Morgan fingerprint density at radius 3 is 2.63 bits per heavy atom. The highest BCUT2D eigenvalue weighted by Crippen LogP contribution is 2.40. The van der Waals surface area contributed by atoms with Gasteiger partial charge in [-0.1, -0.05) is 48.5 Å². The smallest absolute Gasteiger partial charge is 0.412 e. The van der Waals surface area contributed by atoms with E-state index < -0.39 is 11.6 Å². The van der Waals surface area contributed by atoms with Crippen LogP contribution >= 0.6 is 0 Å². The number of amides is 1. The SMILES string of the molecule is COc1cccc(-c2cc(C3(c4ccccc4)COC(NC(=O)O)=N3)ccc2F)c1. The molecule has 1 aliphatic heterocycles. The summed E-state index contributed by atoms with van der Waals surface area (Å²) in [6, 6.07) is 21.1. The lowest BCUT2D eigenvalue weighted by Gasteiger charge is -2.26. The Balaban J connectivity index is 1.87. The van der Waals surface area contributed by atoms with Crippen molar-refractivity contribution in [2.45, 2.75) is 5.54 Å². The Kier molecular flexibility index (Phi) is 5.10. The molecule has 3 aromatic carbocycles. The van der Waals surface area contributed by atoms with Crippen molar-refractivity contribution in [2.75, 3.05) is 13.7 Å². The monoisotopic (exact) mass is 406 g/mol. The number of amidine groups is 1. The second-order valence-electron chi connectivity index (χ2n) is 6.79. The fourth-order valence-electron chi connectivity index (χ4n) is 3.54. The number of methoxy groups -OCH3 is 1. The second kappa shape index (κ2) is 7.87. The van der Waals surface area contributed by atoms with Gasteiger partial charge in [-0.2, -0.15) is 0 Å². The Morgan fingerprint density at radius 2 is 1.90 bits per heavy atom. The topological polar surface area (TPSA) is 80.2 Å². The number of halogens is 1. The van der Waals surface area contributed by atoms with Crippen molar-refractivity contribution < 1.29 is 23.8 Å². The first-order valence-electron chi connectivity index (χ1n) is 9.24. The molecule has 0 saturated carbocycles. The molecule has 6 nitrogen and oxygen atoms in total. The van der Waals surface area contributed by atoms with E-state index >= 15 is 0 Å². The van der Waals surface area contributed by atoms with E-state index in [4.69, 9.17) is 14.6 Å². The van der Waals surface area contributed by atoms with Gasteiger partial charge in [0.1, 0.15) is 18.2 Å². The number of aliphatic imine (C=N–C) groups is 1. The molecule has 0 radical (unpaired) electrons. The van der Waals surface area contributed by atoms with Crippen LogP contribution < -0.4 is 10.1 Å². The molecule has 0 aliphatic carbocycles. The van der Waals surface area contributed by atoms with Crippen molar-refractivity contribution in [1.29, 1.82) is 0 Å². The largest absolute Gasteiger partial charge is 0.497 e. The van der Waals surface area contributed by atoms with Gasteiger partial charge in [0.2, 0.25) is 0 Å². The minimum atomic E-state index is -1.27. The number of hydrogen-bond acceptors (Lipinski definition) is 4. The standard InChI is InChI=1S/C23H19FN2O4/c1-29-18-9-5-6-15(12-18)19-13-17(10-11-20(19)24)23(16-7-3-2-4-8-16)14-30-21(26-23)25-22(27)28/h2-13H,14H2,1H3,(H,25,26)(H,27,28). The first-order valence-corrected chi connectivity index (χ1v) is 9.24. The molecule has 1 heterocycles. The predicted octanol–water partition coefficient (Wildman–Crippen LogP) is 4.40. The summed E-state index contributed by atoms with van der Waals surface area (Å²) in [6.07, 6.45) is -1.27. The summed E-state index contributed by atoms with van der Waals surface area (Å²) in [6.45, 7) is 0.0792. The van der Waals surface area contributed by atoms with Crippen molar-refractivity contribution in [1.82, 2.24) is 5.32 Å². The zero-order valence-electron chi connectivity index (χ0n) is 16.1. The molecular formula is C23H19FN2O4. The number of benzene rings is 3. The summed E-state index contributed by atoms with van der Waals surface area (Å²) >= 11 is 0. The molecule has 7 heteroatoms. The van der Waals surface area contributed by atoms with E-state index in [1.165, 1.54) is 6.07 Å². The molecule has 1 unspecified atom stereocenters. The van der Waals surface area contributed by atoms with E-state index in [1.807, 2.05) is 30.3 Å². The van der Waals surface area contributed by atoms with E-state index in [2.05, 4.69) is 10.3 Å². The van der Waals surface area contributed by atoms with Gasteiger partial charge < -0.3 is 14.6 Å². The van der Waals surface area contributed by atoms with Crippen LogP contribution in [0.15, 0.2) is 77.8 Å². The fraction of sp³-hybridized carbons (Fsp3) is 0.130. The van der Waals surface area contributed by atoms with Crippen molar-refractivity contribution in [3.8, 4) is 16.9 Å². The quantitative estimate of drug-likeness (QED) is 0.673. The molecule has 0 bridgehead atoms. The molecular weight excluding hydrogens is 387 g/mol. The van der Waals surface area contributed by atoms with Crippen LogP contribution in [-0.2, 0) is 10.3 Å². The van der Waals surface area contributed by atoms with E-state index in [9.17, 15) is 9.18 Å². The maximum atomic E-state index is 14.8. The summed E-state index contributed by atoms with van der Waals surface area (Å²) in [7, 11) is 1.55. The van der Waals surface area contributed by atoms with Crippen LogP contribution in [0.3, 0.4) is 0 Å². The lowest BCUT2D eigenvalue weighted by Crippen LogP contribution is -2.28. The van der Waals surface area contributed by atoms with Crippen molar-refractivity contribution in [3.63, 3.8) is 0 Å². The summed E-state index contributed by atoms with van der Waals surface area (Å²) in [4.78, 5) is 15.6. The molecule has 0 aromatic heterocycles. The number of carboxylic acid groups (broad SMARTS) is 1. The fourth-order valence-corrected chi connectivity index (χ4v) is 3.54. The highest BCUT2D eigenvalue weighted by Gasteiger charge is 2.41. The highest BCUT2D eigenvalue weighted by molar-refractivity contribution is 5.91. The normalized spacial score (nSPS) is 17.7. The number of nitrogens with zero attached hydrogens (tertiary/aromatic N) is 1. The number of nitrogens with one attached hydrogen (secondary N) is 1. The second-order valence-corrected chi connectivity index (χ2v) is 6.79. The number of ether oxygens (including phenoxy) is 2. The molecule has 0 saturated heterocycles. The van der Waals surface area contributed by atoms with Gasteiger partial charge in [0, 0.05) is 5.56 Å². The van der Waals surface area contributed by atoms with Crippen molar-refractivity contribution >= 4 is 12.1 Å². The number of carbonyl (C=O) groups is 1. The molecule has 152 valence electrons. The van der Waals surface area contributed by atoms with Crippen molar-refractivity contribution in [2.24, 2.45) is 4.99 Å². The molecule has 3 aromatic rings. The number of hydrogen-bond donors (Lipinski definition) is 2. The third-order valence-corrected chi connectivity index (χ3v) is 5.00. The maximum absolute atomic E-state index is 14.8. The molecule has 0 fully saturated rings. The Hall–Kier alpha value is -3.87. The predicted molar refractivity (Wildman–Crippen MR) is 110 cm³/mol. The Bertz CT molecular complexity index is 1120.